The maximum atomic E-state index is 6.41. The van der Waals surface area contributed by atoms with Gasteiger partial charge in [-0.25, -0.2) is 0 Å². The molecule has 0 radical (unpaired) electrons. The fourth-order valence-corrected chi connectivity index (χ4v) is 2.81. The van der Waals surface area contributed by atoms with Gasteiger partial charge in [0.05, 0.1) is 16.8 Å². The van der Waals surface area contributed by atoms with Gasteiger partial charge in [0.15, 0.2) is 0 Å². The molecule has 106 valence electrons. The quantitative estimate of drug-likeness (QED) is 0.898. The first-order valence-corrected chi connectivity index (χ1v) is 7.28. The lowest BCUT2D eigenvalue weighted by Gasteiger charge is -2.24. The number of para-hydroxylation sites is 1. The molecule has 1 fully saturated rings. The van der Waals surface area contributed by atoms with Gasteiger partial charge in [-0.3, -0.25) is 0 Å². The second-order valence-corrected chi connectivity index (χ2v) is 5.78. The molecule has 3 nitrogen and oxygen atoms in total. The molecule has 1 atom stereocenters. The van der Waals surface area contributed by atoms with Gasteiger partial charge in [-0.05, 0) is 18.1 Å². The molecule has 19 heavy (non-hydrogen) atoms. The number of methoxy groups -OCH3 is 1. The van der Waals surface area contributed by atoms with Gasteiger partial charge in [0.1, 0.15) is 0 Å². The average molecular weight is 283 g/mol. The minimum atomic E-state index is 0.321. The number of benzene rings is 1. The van der Waals surface area contributed by atoms with Crippen molar-refractivity contribution in [3.05, 3.63) is 28.8 Å². The highest BCUT2D eigenvalue weighted by Crippen LogP contribution is 2.32. The molecule has 0 bridgehead atoms. The standard InChI is InChI=1S/C15H23ClN2O/c1-11(2)17-9-12-5-4-6-14(16)15(12)18-8-7-13(10-18)19-3/h4-6,11,13,17H,7-10H2,1-3H3. The van der Waals surface area contributed by atoms with E-state index in [1.54, 1.807) is 7.11 Å². The van der Waals surface area contributed by atoms with Crippen molar-refractivity contribution in [3.63, 3.8) is 0 Å². The van der Waals surface area contributed by atoms with E-state index in [9.17, 15) is 0 Å². The van der Waals surface area contributed by atoms with Crippen LogP contribution in [-0.2, 0) is 11.3 Å². The number of nitrogens with zero attached hydrogens (tertiary/aromatic N) is 1. The van der Waals surface area contributed by atoms with Gasteiger partial charge >= 0.3 is 0 Å². The summed E-state index contributed by atoms with van der Waals surface area (Å²) in [7, 11) is 1.78. The van der Waals surface area contributed by atoms with Crippen LogP contribution in [0.3, 0.4) is 0 Å². The molecule has 0 amide bonds. The number of anilines is 1. The molecule has 1 N–H and O–H groups in total. The summed E-state index contributed by atoms with van der Waals surface area (Å²) in [6.07, 6.45) is 1.39. The molecule has 1 unspecified atom stereocenters. The molecular formula is C15H23ClN2O. The van der Waals surface area contributed by atoms with Crippen LogP contribution in [-0.4, -0.2) is 32.3 Å². The Bertz CT molecular complexity index is 423. The minimum Gasteiger partial charge on any atom is -0.380 e. The normalized spacial score (nSPS) is 19.4. The number of ether oxygens (including phenoxy) is 1. The SMILES string of the molecule is COC1CCN(c2c(Cl)cccc2CNC(C)C)C1. The second kappa shape index (κ2) is 6.60. The van der Waals surface area contributed by atoms with E-state index < -0.39 is 0 Å². The Morgan fingerprint density at radius 1 is 1.47 bits per heavy atom. The number of halogens is 1. The van der Waals surface area contributed by atoms with E-state index >= 15 is 0 Å². The predicted octanol–water partition coefficient (Wildman–Crippen LogP) is 3.06. The Labute approximate surface area is 120 Å². The molecule has 1 saturated heterocycles. The van der Waals surface area contributed by atoms with Crippen LogP contribution < -0.4 is 10.2 Å². The highest BCUT2D eigenvalue weighted by atomic mass is 35.5. The molecule has 1 aliphatic heterocycles. The average Bonchev–Trinajstić information content (AvgIpc) is 2.84. The lowest BCUT2D eigenvalue weighted by molar-refractivity contribution is 0.121. The van der Waals surface area contributed by atoms with Crippen LogP contribution in [0.2, 0.25) is 5.02 Å². The monoisotopic (exact) mass is 282 g/mol. The van der Waals surface area contributed by atoms with E-state index in [4.69, 9.17) is 16.3 Å². The summed E-state index contributed by atoms with van der Waals surface area (Å²) in [6, 6.07) is 6.61. The zero-order chi connectivity index (χ0) is 13.8. The molecule has 0 aliphatic carbocycles. The van der Waals surface area contributed by atoms with Crippen molar-refractivity contribution in [2.75, 3.05) is 25.1 Å². The van der Waals surface area contributed by atoms with Crippen LogP contribution in [0.15, 0.2) is 18.2 Å². The lowest BCUT2D eigenvalue weighted by Crippen LogP contribution is -2.27. The van der Waals surface area contributed by atoms with Crippen molar-refractivity contribution in [2.24, 2.45) is 0 Å². The molecule has 1 heterocycles. The van der Waals surface area contributed by atoms with Crippen LogP contribution in [0, 0.1) is 0 Å². The van der Waals surface area contributed by atoms with Crippen molar-refractivity contribution in [1.82, 2.24) is 5.32 Å². The van der Waals surface area contributed by atoms with Gasteiger partial charge in [0.25, 0.3) is 0 Å². The first kappa shape index (κ1) is 14.6. The molecule has 1 aromatic carbocycles. The summed E-state index contributed by atoms with van der Waals surface area (Å²) < 4.78 is 5.44. The predicted molar refractivity (Wildman–Crippen MR) is 81.1 cm³/mol. The maximum Gasteiger partial charge on any atom is 0.0762 e. The lowest BCUT2D eigenvalue weighted by atomic mass is 10.1. The zero-order valence-corrected chi connectivity index (χ0v) is 12.7. The highest BCUT2D eigenvalue weighted by molar-refractivity contribution is 6.33. The summed E-state index contributed by atoms with van der Waals surface area (Å²) in [5, 5.41) is 4.29. The third kappa shape index (κ3) is 3.62. The molecule has 0 saturated carbocycles. The Morgan fingerprint density at radius 3 is 2.89 bits per heavy atom. The van der Waals surface area contributed by atoms with Gasteiger partial charge < -0.3 is 15.0 Å². The first-order chi connectivity index (χ1) is 9.11. The highest BCUT2D eigenvalue weighted by Gasteiger charge is 2.25. The summed E-state index contributed by atoms with van der Waals surface area (Å²) in [5.74, 6) is 0. The van der Waals surface area contributed by atoms with Gasteiger partial charge in [-0.1, -0.05) is 37.6 Å². The summed E-state index contributed by atoms with van der Waals surface area (Å²) >= 11 is 6.41. The molecule has 0 spiro atoms. The fourth-order valence-electron chi connectivity index (χ4n) is 2.49. The number of hydrogen-bond donors (Lipinski definition) is 1. The number of rotatable bonds is 5. The molecule has 4 heteroatoms. The van der Waals surface area contributed by atoms with Crippen molar-refractivity contribution in [2.45, 2.75) is 39.0 Å². The molecule has 1 aliphatic rings. The van der Waals surface area contributed by atoms with E-state index in [0.717, 1.165) is 36.8 Å². The Hall–Kier alpha value is -0.770. The van der Waals surface area contributed by atoms with Crippen molar-refractivity contribution in [3.8, 4) is 0 Å². The van der Waals surface area contributed by atoms with Crippen molar-refractivity contribution >= 4 is 17.3 Å². The van der Waals surface area contributed by atoms with E-state index in [2.05, 4.69) is 30.1 Å². The zero-order valence-electron chi connectivity index (χ0n) is 11.9. The van der Waals surface area contributed by atoms with Crippen molar-refractivity contribution < 1.29 is 4.74 Å². The van der Waals surface area contributed by atoms with Gasteiger partial charge in [0, 0.05) is 32.8 Å². The summed E-state index contributed by atoms with van der Waals surface area (Å²) in [5.41, 5.74) is 2.43. The van der Waals surface area contributed by atoms with Crippen LogP contribution in [0.25, 0.3) is 0 Å². The largest absolute Gasteiger partial charge is 0.380 e. The maximum absolute atomic E-state index is 6.41. The van der Waals surface area contributed by atoms with Gasteiger partial charge in [-0.15, -0.1) is 0 Å². The first-order valence-electron chi connectivity index (χ1n) is 6.90. The molecular weight excluding hydrogens is 260 g/mol. The van der Waals surface area contributed by atoms with Crippen molar-refractivity contribution in [1.29, 1.82) is 0 Å². The smallest absolute Gasteiger partial charge is 0.0762 e. The second-order valence-electron chi connectivity index (χ2n) is 5.38. The Morgan fingerprint density at radius 2 is 2.26 bits per heavy atom. The molecule has 0 aromatic heterocycles. The van der Waals surface area contributed by atoms with E-state index in [0.29, 0.717) is 12.1 Å². The van der Waals surface area contributed by atoms with E-state index in [1.165, 1.54) is 5.56 Å². The van der Waals surface area contributed by atoms with Gasteiger partial charge in [0.2, 0.25) is 0 Å². The van der Waals surface area contributed by atoms with Crippen LogP contribution in [0.5, 0.6) is 0 Å². The molecule has 2 rings (SSSR count). The van der Waals surface area contributed by atoms with E-state index in [-0.39, 0.29) is 0 Å². The third-order valence-corrected chi connectivity index (χ3v) is 3.87. The van der Waals surface area contributed by atoms with Crippen LogP contribution in [0.4, 0.5) is 5.69 Å². The Balaban J connectivity index is 2.18. The molecule has 1 aromatic rings. The Kier molecular flexibility index (Phi) is 5.08. The topological polar surface area (TPSA) is 24.5 Å². The van der Waals surface area contributed by atoms with E-state index in [1.807, 2.05) is 12.1 Å². The van der Waals surface area contributed by atoms with Gasteiger partial charge in [-0.2, -0.15) is 0 Å². The number of hydrogen-bond acceptors (Lipinski definition) is 3. The fraction of sp³-hybridized carbons (Fsp3) is 0.600. The minimum absolute atomic E-state index is 0.321. The van der Waals surface area contributed by atoms with Crippen LogP contribution in [0.1, 0.15) is 25.8 Å². The van der Waals surface area contributed by atoms with Crippen LogP contribution >= 0.6 is 11.6 Å². The summed E-state index contributed by atoms with van der Waals surface area (Å²) in [6.45, 7) is 7.09. The third-order valence-electron chi connectivity index (χ3n) is 3.57. The summed E-state index contributed by atoms with van der Waals surface area (Å²) in [4.78, 5) is 2.34. The number of nitrogens with one attached hydrogen (secondary N) is 1.